The minimum absolute atomic E-state index is 0.0702. The van der Waals surface area contributed by atoms with E-state index in [0.717, 1.165) is 11.1 Å². The number of fused-ring (bicyclic) bond motifs is 1. The first kappa shape index (κ1) is 19.2. The number of sulfonamides is 1. The Labute approximate surface area is 166 Å². The molecule has 1 N–H and O–H groups in total. The molecule has 0 aromatic heterocycles. The molecule has 0 saturated carbocycles. The molecule has 0 saturated heterocycles. The highest BCUT2D eigenvalue weighted by atomic mass is 79.9. The molecule has 138 valence electrons. The topological polar surface area (TPSA) is 66.5 Å². The number of nitrogens with one attached hydrogen (secondary N) is 1. The van der Waals surface area contributed by atoms with Crippen LogP contribution in [0.25, 0.3) is 0 Å². The van der Waals surface area contributed by atoms with Gasteiger partial charge in [-0.1, -0.05) is 33.6 Å². The van der Waals surface area contributed by atoms with Crippen molar-refractivity contribution in [2.24, 2.45) is 0 Å². The van der Waals surface area contributed by atoms with Crippen LogP contribution in [0.1, 0.15) is 25.0 Å². The summed E-state index contributed by atoms with van der Waals surface area (Å²) in [4.78, 5) is 13.7. The van der Waals surface area contributed by atoms with Gasteiger partial charge in [-0.25, -0.2) is 8.42 Å². The Morgan fingerprint density at radius 2 is 2.00 bits per heavy atom. The largest absolute Gasteiger partial charge is 0.308 e. The van der Waals surface area contributed by atoms with E-state index in [9.17, 15) is 13.2 Å². The second kappa shape index (κ2) is 6.87. The molecule has 26 heavy (non-hydrogen) atoms. The van der Waals surface area contributed by atoms with Crippen molar-refractivity contribution in [3.63, 3.8) is 0 Å². The molecule has 2 aromatic rings. The van der Waals surface area contributed by atoms with Gasteiger partial charge in [0, 0.05) is 22.5 Å². The molecule has 5 nitrogen and oxygen atoms in total. The predicted octanol–water partition coefficient (Wildman–Crippen LogP) is 4.51. The summed E-state index contributed by atoms with van der Waals surface area (Å²) in [5, 5.41) is 0.437. The zero-order chi connectivity index (χ0) is 19.2. The van der Waals surface area contributed by atoms with Crippen LogP contribution in [0.5, 0.6) is 0 Å². The van der Waals surface area contributed by atoms with Gasteiger partial charge in [-0.15, -0.1) is 0 Å². The highest BCUT2D eigenvalue weighted by Gasteiger charge is 2.35. The lowest BCUT2D eigenvalue weighted by Crippen LogP contribution is -2.34. The molecule has 0 radical (unpaired) electrons. The maximum atomic E-state index is 13.1. The van der Waals surface area contributed by atoms with E-state index in [1.165, 1.54) is 13.0 Å². The van der Waals surface area contributed by atoms with Gasteiger partial charge in [0.2, 0.25) is 5.91 Å². The number of nitrogens with zero attached hydrogens (tertiary/aromatic N) is 1. The number of carbonyl (C=O) groups is 1. The number of hydrogen-bond donors (Lipinski definition) is 1. The summed E-state index contributed by atoms with van der Waals surface area (Å²) in [6.07, 6.45) is 0.604. The molecule has 0 fully saturated rings. The van der Waals surface area contributed by atoms with Gasteiger partial charge in [0.05, 0.1) is 11.4 Å². The van der Waals surface area contributed by atoms with Crippen molar-refractivity contribution in [1.29, 1.82) is 0 Å². The van der Waals surface area contributed by atoms with E-state index in [2.05, 4.69) is 20.7 Å². The number of benzene rings is 2. The summed E-state index contributed by atoms with van der Waals surface area (Å²) >= 11 is 9.38. The smallest absolute Gasteiger partial charge is 0.264 e. The lowest BCUT2D eigenvalue weighted by atomic mass is 10.1. The lowest BCUT2D eigenvalue weighted by molar-refractivity contribution is -0.116. The maximum Gasteiger partial charge on any atom is 0.264 e. The van der Waals surface area contributed by atoms with Crippen molar-refractivity contribution in [3.05, 3.63) is 51.0 Å². The van der Waals surface area contributed by atoms with Gasteiger partial charge in [-0.3, -0.25) is 9.52 Å². The number of anilines is 2. The maximum absolute atomic E-state index is 13.1. The van der Waals surface area contributed by atoms with Gasteiger partial charge >= 0.3 is 0 Å². The van der Waals surface area contributed by atoms with Gasteiger partial charge in [-0.05, 0) is 55.7 Å². The molecule has 3 rings (SSSR count). The standard InChI is InChI=1S/C18H18BrClN2O3S/c1-10-4-5-15(20)9-16(10)21-26(24,25)17-8-14(19)7-13-6-11(2)22(12(3)23)18(13)17/h4-5,7-9,11,21H,6H2,1-3H3. The summed E-state index contributed by atoms with van der Waals surface area (Å²) in [6, 6.07) is 8.30. The van der Waals surface area contributed by atoms with Gasteiger partial charge < -0.3 is 4.90 Å². The number of rotatable bonds is 3. The van der Waals surface area contributed by atoms with Crippen molar-refractivity contribution >= 4 is 54.8 Å². The van der Waals surface area contributed by atoms with Crippen molar-refractivity contribution in [3.8, 4) is 0 Å². The highest BCUT2D eigenvalue weighted by Crippen LogP contribution is 2.40. The molecule has 0 spiro atoms. The number of hydrogen-bond acceptors (Lipinski definition) is 3. The molecule has 0 aliphatic carbocycles. The van der Waals surface area contributed by atoms with E-state index in [0.29, 0.717) is 27.3 Å². The zero-order valence-electron chi connectivity index (χ0n) is 14.5. The Bertz CT molecular complexity index is 1010. The number of aryl methyl sites for hydroxylation is 1. The second-order valence-electron chi connectivity index (χ2n) is 6.42. The van der Waals surface area contributed by atoms with Crippen LogP contribution in [0.4, 0.5) is 11.4 Å². The first-order valence-electron chi connectivity index (χ1n) is 8.01. The Hall–Kier alpha value is -1.57. The fourth-order valence-corrected chi connectivity index (χ4v) is 5.48. The number of carbonyl (C=O) groups excluding carboxylic acids is 1. The van der Waals surface area contributed by atoms with Gasteiger partial charge in [0.1, 0.15) is 4.90 Å². The van der Waals surface area contributed by atoms with Crippen LogP contribution >= 0.6 is 27.5 Å². The van der Waals surface area contributed by atoms with Crippen LogP contribution in [0.2, 0.25) is 5.02 Å². The highest BCUT2D eigenvalue weighted by molar-refractivity contribution is 9.10. The molecule has 2 aromatic carbocycles. The summed E-state index contributed by atoms with van der Waals surface area (Å²) < 4.78 is 29.5. The Kier molecular flexibility index (Phi) is 5.07. The summed E-state index contributed by atoms with van der Waals surface area (Å²) in [5.74, 6) is -0.186. The molecule has 1 amide bonds. The minimum atomic E-state index is -3.92. The first-order valence-corrected chi connectivity index (χ1v) is 10.7. The van der Waals surface area contributed by atoms with Crippen LogP contribution in [0.3, 0.4) is 0 Å². The molecule has 1 atom stereocenters. The van der Waals surface area contributed by atoms with E-state index in [4.69, 9.17) is 11.6 Å². The second-order valence-corrected chi connectivity index (χ2v) is 9.42. The quantitative estimate of drug-likeness (QED) is 0.737. The van der Waals surface area contributed by atoms with Crippen LogP contribution in [-0.4, -0.2) is 20.4 Å². The lowest BCUT2D eigenvalue weighted by Gasteiger charge is -2.23. The van der Waals surface area contributed by atoms with Crippen LogP contribution in [-0.2, 0) is 21.2 Å². The molecule has 0 bridgehead atoms. The first-order chi connectivity index (χ1) is 12.1. The third-order valence-corrected chi connectivity index (χ3v) is 6.46. The molecule has 1 aliphatic heterocycles. The number of amides is 1. The molecular weight excluding hydrogens is 440 g/mol. The van der Waals surface area contributed by atoms with E-state index >= 15 is 0 Å². The fourth-order valence-electron chi connectivity index (χ4n) is 3.26. The summed E-state index contributed by atoms with van der Waals surface area (Å²) in [5.41, 5.74) is 2.43. The third kappa shape index (κ3) is 3.48. The van der Waals surface area contributed by atoms with Crippen LogP contribution < -0.4 is 9.62 Å². The van der Waals surface area contributed by atoms with E-state index in [1.54, 1.807) is 30.0 Å². The third-order valence-electron chi connectivity index (χ3n) is 4.39. The molecule has 1 aliphatic rings. The zero-order valence-corrected chi connectivity index (χ0v) is 17.7. The average molecular weight is 458 g/mol. The van der Waals surface area contributed by atoms with Gasteiger partial charge in [0.15, 0.2) is 0 Å². The minimum Gasteiger partial charge on any atom is -0.308 e. The van der Waals surface area contributed by atoms with Crippen molar-refractivity contribution in [2.45, 2.75) is 38.1 Å². The Morgan fingerprint density at radius 3 is 2.65 bits per heavy atom. The van der Waals surface area contributed by atoms with Crippen LogP contribution in [0.15, 0.2) is 39.7 Å². The predicted molar refractivity (Wildman–Crippen MR) is 107 cm³/mol. The SMILES string of the molecule is CC(=O)N1c2c(cc(Br)cc2S(=O)(=O)Nc2cc(Cl)ccc2C)CC1C. The van der Waals surface area contributed by atoms with Gasteiger partial charge in [0.25, 0.3) is 10.0 Å². The average Bonchev–Trinajstić information content (AvgIpc) is 2.85. The number of halogens is 2. The monoisotopic (exact) mass is 456 g/mol. The van der Waals surface area contributed by atoms with E-state index in [-0.39, 0.29) is 16.8 Å². The van der Waals surface area contributed by atoms with Crippen LogP contribution in [0, 0.1) is 6.92 Å². The summed E-state index contributed by atoms with van der Waals surface area (Å²) in [7, 11) is -3.92. The van der Waals surface area contributed by atoms with E-state index < -0.39 is 10.0 Å². The Morgan fingerprint density at radius 1 is 1.31 bits per heavy atom. The normalized spacial score (nSPS) is 16.5. The van der Waals surface area contributed by atoms with Crippen molar-refractivity contribution in [2.75, 3.05) is 9.62 Å². The van der Waals surface area contributed by atoms with Gasteiger partial charge in [-0.2, -0.15) is 0 Å². The van der Waals surface area contributed by atoms with E-state index in [1.807, 2.05) is 13.0 Å². The molecule has 1 heterocycles. The van der Waals surface area contributed by atoms with Crippen molar-refractivity contribution in [1.82, 2.24) is 0 Å². The molecule has 1 unspecified atom stereocenters. The molecular formula is C18H18BrClN2O3S. The Balaban J connectivity index is 2.15. The summed E-state index contributed by atoms with van der Waals surface area (Å²) in [6.45, 7) is 5.14. The molecule has 8 heteroatoms. The van der Waals surface area contributed by atoms with Crippen molar-refractivity contribution < 1.29 is 13.2 Å². The fraction of sp³-hybridized carbons (Fsp3) is 0.278.